The molecular formula is C80H98N30O. The second kappa shape index (κ2) is 36.2. The standard InChI is InChI=1S/C21H19N5.C17H17N5O.C15H23N7.C14H21N7.C13H18N6/c1-14-8-10-17(11-9-14)21-22-15(2)12-19(24-21)23-20-13-18(25-26-20)16-6-4-3-5-7-16;1-11-10-14(22-21-11)19-17-15-13(8-5-9-23-15)18-16(20-17)12-6-3-2-4-7-12;1-9-4-6-22(7-5-9)15-17-11(3)13(16)14(19-15)18-12-8-10(2)20-21-12;1-9-3-5-21(6-4-9)14-16-8-11(15)13(18-14)17-12-7-10(2)19-20-12;1-10-9-12(18-17-10)15-11-5-6-14-13(16-11)19-7-3-2-4-8-19/h3-13H,1-2H3,(H2,22,23,24,25,26);2-4,6-7,10H,5,8-9H2,1H3,(H2,18,19,20,21,22);8-9H,4-7,16H2,1-3H3,(H2,17,18,19,20,21);7-9H,3-6,15H2,1-2H3,(H2,16,17,18,19,20);5-6,9H,2-4,7-8H2,1H3,(H2,14,15,16,17,18). The molecule has 0 unspecified atom stereocenters. The van der Waals surface area contributed by atoms with Crippen LogP contribution in [0.1, 0.15) is 111 Å². The summed E-state index contributed by atoms with van der Waals surface area (Å²) in [6, 6.07) is 41.7. The molecule has 0 bridgehead atoms. The number of nitrogen functional groups attached to an aromatic ring is 2. The molecule has 0 radical (unpaired) electrons. The Labute approximate surface area is 645 Å². The quantitative estimate of drug-likeness (QED) is 0.0427. The average Bonchev–Trinajstić information content (AvgIpc) is 1.78. The highest BCUT2D eigenvalue weighted by molar-refractivity contribution is 5.72. The molecule has 0 saturated carbocycles. The van der Waals surface area contributed by atoms with Crippen LogP contribution in [0.2, 0.25) is 0 Å². The minimum absolute atomic E-state index is 0.518. The molecule has 4 aliphatic rings. The lowest BCUT2D eigenvalue weighted by Gasteiger charge is -2.30. The Hall–Kier alpha value is -13.1. The van der Waals surface area contributed by atoms with Crippen molar-refractivity contribution in [3.05, 3.63) is 185 Å². The first kappa shape index (κ1) is 76.1. The number of aromatic amines is 5. The molecule has 3 fully saturated rings. The van der Waals surface area contributed by atoms with E-state index in [1.54, 1.807) is 12.4 Å². The van der Waals surface area contributed by atoms with Crippen LogP contribution in [-0.4, -0.2) is 147 Å². The molecule has 17 rings (SSSR count). The van der Waals surface area contributed by atoms with E-state index >= 15 is 0 Å². The Balaban J connectivity index is 0.000000122. The third-order valence-corrected chi connectivity index (χ3v) is 19.0. The zero-order valence-electron chi connectivity index (χ0n) is 64.4. The smallest absolute Gasteiger partial charge is 0.227 e. The molecule has 0 amide bonds. The van der Waals surface area contributed by atoms with Gasteiger partial charge >= 0.3 is 0 Å². The van der Waals surface area contributed by atoms with Crippen LogP contribution in [-0.2, 0) is 6.42 Å². The van der Waals surface area contributed by atoms with Crippen LogP contribution in [0.4, 0.5) is 87.4 Å². The topological polar surface area (TPSA) is 403 Å². The monoisotopic (exact) mass is 1490 g/mol. The van der Waals surface area contributed by atoms with Crippen LogP contribution in [0, 0.1) is 60.3 Å². The molecule has 4 aliphatic heterocycles. The molecule has 0 aliphatic carbocycles. The van der Waals surface area contributed by atoms with E-state index in [0.29, 0.717) is 58.7 Å². The minimum atomic E-state index is 0.518. The second-order valence-electron chi connectivity index (χ2n) is 28.5. The number of ether oxygens (including phenoxy) is 1. The van der Waals surface area contributed by atoms with Gasteiger partial charge in [0, 0.05) is 121 Å². The van der Waals surface area contributed by atoms with Gasteiger partial charge in [-0.1, -0.05) is 104 Å². The van der Waals surface area contributed by atoms with Gasteiger partial charge in [-0.25, -0.2) is 34.9 Å². The second-order valence-corrected chi connectivity index (χ2v) is 28.5. The number of aryl methyl sites for hydroxylation is 8. The number of aromatic nitrogens is 20. The summed E-state index contributed by atoms with van der Waals surface area (Å²) in [5.74, 6) is 13.0. The highest BCUT2D eigenvalue weighted by Crippen LogP contribution is 2.36. The Morgan fingerprint density at radius 1 is 0.414 bits per heavy atom. The van der Waals surface area contributed by atoms with Gasteiger partial charge in [-0.05, 0) is 130 Å². The number of piperidine rings is 3. The van der Waals surface area contributed by atoms with Crippen LogP contribution < -0.4 is 57.5 Å². The summed E-state index contributed by atoms with van der Waals surface area (Å²) in [4.78, 5) is 52.2. The van der Waals surface area contributed by atoms with Gasteiger partial charge in [0.25, 0.3) is 0 Å². The number of nitrogens with one attached hydrogen (secondary N) is 10. The van der Waals surface area contributed by atoms with E-state index < -0.39 is 0 Å². The zero-order chi connectivity index (χ0) is 77.2. The summed E-state index contributed by atoms with van der Waals surface area (Å²) in [5.41, 5.74) is 25.0. The molecule has 111 heavy (non-hydrogen) atoms. The van der Waals surface area contributed by atoms with Crippen molar-refractivity contribution in [3.63, 3.8) is 0 Å². The fourth-order valence-electron chi connectivity index (χ4n) is 12.7. The van der Waals surface area contributed by atoms with Gasteiger partial charge < -0.3 is 57.5 Å². The Morgan fingerprint density at radius 2 is 0.919 bits per heavy atom. The maximum Gasteiger partial charge on any atom is 0.227 e. The first-order valence-corrected chi connectivity index (χ1v) is 37.8. The van der Waals surface area contributed by atoms with Gasteiger partial charge in [0.15, 0.2) is 63.9 Å². The van der Waals surface area contributed by atoms with Crippen molar-refractivity contribution >= 4 is 87.4 Å². The van der Waals surface area contributed by atoms with E-state index in [2.05, 4.69) is 175 Å². The number of hydrogen-bond acceptors (Lipinski definition) is 26. The van der Waals surface area contributed by atoms with E-state index in [-0.39, 0.29) is 0 Å². The van der Waals surface area contributed by atoms with Crippen molar-refractivity contribution < 1.29 is 4.74 Å². The van der Waals surface area contributed by atoms with Crippen LogP contribution in [0.5, 0.6) is 5.75 Å². The van der Waals surface area contributed by atoms with Crippen molar-refractivity contribution in [2.24, 2.45) is 11.8 Å². The van der Waals surface area contributed by atoms with E-state index in [9.17, 15) is 0 Å². The summed E-state index contributed by atoms with van der Waals surface area (Å²) in [5, 5.41) is 51.7. The summed E-state index contributed by atoms with van der Waals surface area (Å²) < 4.78 is 5.80. The third-order valence-electron chi connectivity index (χ3n) is 19.0. The number of H-pyrrole nitrogens is 5. The van der Waals surface area contributed by atoms with Crippen molar-refractivity contribution in [1.29, 1.82) is 0 Å². The Morgan fingerprint density at radius 3 is 1.52 bits per heavy atom. The van der Waals surface area contributed by atoms with E-state index in [4.69, 9.17) is 16.2 Å². The van der Waals surface area contributed by atoms with E-state index in [1.165, 1.54) is 50.5 Å². The first-order chi connectivity index (χ1) is 53.9. The summed E-state index contributed by atoms with van der Waals surface area (Å²) in [6.45, 7) is 25.1. The molecule has 574 valence electrons. The van der Waals surface area contributed by atoms with Crippen molar-refractivity contribution in [2.75, 3.05) is 98.6 Å². The maximum atomic E-state index is 6.11. The lowest BCUT2D eigenvalue weighted by Crippen LogP contribution is -2.34. The molecule has 13 aromatic rings. The van der Waals surface area contributed by atoms with E-state index in [0.717, 1.165) is 179 Å². The Kier molecular flexibility index (Phi) is 24.8. The average molecular weight is 1500 g/mol. The summed E-state index contributed by atoms with van der Waals surface area (Å²) in [6.07, 6.45) is 13.8. The van der Waals surface area contributed by atoms with Gasteiger partial charge in [0.1, 0.15) is 11.6 Å². The molecular weight excluding hydrogens is 1400 g/mol. The van der Waals surface area contributed by atoms with Crippen LogP contribution in [0.15, 0.2) is 140 Å². The number of anilines is 15. The van der Waals surface area contributed by atoms with Crippen molar-refractivity contribution in [1.82, 2.24) is 101 Å². The number of rotatable bonds is 16. The van der Waals surface area contributed by atoms with Gasteiger partial charge in [-0.2, -0.15) is 40.4 Å². The summed E-state index contributed by atoms with van der Waals surface area (Å²) >= 11 is 0. The highest BCUT2D eigenvalue weighted by atomic mass is 16.5. The van der Waals surface area contributed by atoms with Crippen LogP contribution in [0.3, 0.4) is 0 Å². The van der Waals surface area contributed by atoms with Crippen molar-refractivity contribution in [3.8, 4) is 39.8 Å². The molecule has 3 saturated heterocycles. The number of benzene rings is 3. The van der Waals surface area contributed by atoms with E-state index in [1.807, 2.05) is 157 Å². The molecule has 31 nitrogen and oxygen atoms in total. The van der Waals surface area contributed by atoms with Gasteiger partial charge in [-0.15, -0.1) is 0 Å². The molecule has 14 heterocycles. The fourth-order valence-corrected chi connectivity index (χ4v) is 12.7. The maximum absolute atomic E-state index is 6.11. The van der Waals surface area contributed by atoms with Gasteiger partial charge in [0.05, 0.1) is 41.3 Å². The molecule has 10 aromatic heterocycles. The predicted octanol–water partition coefficient (Wildman–Crippen LogP) is 14.8. The number of fused-ring (bicyclic) bond motifs is 1. The molecule has 31 heteroatoms. The van der Waals surface area contributed by atoms with Crippen LogP contribution >= 0.6 is 0 Å². The largest absolute Gasteiger partial charge is 0.488 e. The van der Waals surface area contributed by atoms with Gasteiger partial charge in [0.2, 0.25) is 17.8 Å². The summed E-state index contributed by atoms with van der Waals surface area (Å²) in [7, 11) is 0. The van der Waals surface area contributed by atoms with Crippen LogP contribution in [0.25, 0.3) is 34.0 Å². The lowest BCUT2D eigenvalue weighted by atomic mass is 10.00. The normalized spacial score (nSPS) is 14.2. The molecule has 3 aromatic carbocycles. The number of hydrogen-bond donors (Lipinski definition) is 12. The minimum Gasteiger partial charge on any atom is -0.488 e. The highest BCUT2D eigenvalue weighted by Gasteiger charge is 2.24. The Bertz CT molecular complexity index is 5130. The molecule has 14 N–H and O–H groups in total. The number of nitrogens with zero attached hydrogens (tertiary/aromatic N) is 18. The van der Waals surface area contributed by atoms with Crippen molar-refractivity contribution in [2.45, 2.75) is 120 Å². The molecule has 0 atom stereocenters. The fraction of sp³-hybridized carbons (Fsp3) is 0.338. The lowest BCUT2D eigenvalue weighted by molar-refractivity contribution is 0.285. The zero-order valence-corrected chi connectivity index (χ0v) is 64.4. The van der Waals surface area contributed by atoms with Gasteiger partial charge in [-0.3, -0.25) is 25.5 Å². The predicted molar refractivity (Wildman–Crippen MR) is 439 cm³/mol. The number of nitrogens with two attached hydrogens (primary N) is 2. The first-order valence-electron chi connectivity index (χ1n) is 37.8. The third kappa shape index (κ3) is 21.0. The molecule has 0 spiro atoms. The SMILES string of the molecule is Cc1cc(Nc2ccnc(N3CCCCC3)n2)n[nH]1.Cc1cc(Nc2nc(-c3ccccc3)nc3c2OCCC3)n[nH]1.Cc1cc(Nc2nc(N3CCC(C)CC3)nc(C)c2N)n[nH]1.Cc1cc(Nc2nc(N3CCC(C)CC3)ncc2N)n[nH]1.Cc1ccc(-c2nc(C)cc(Nc3cc(-c4ccccc4)[nH]n3)n2)cc1.